The summed E-state index contributed by atoms with van der Waals surface area (Å²) in [5.41, 5.74) is 1.09. The minimum absolute atomic E-state index is 0.173. The van der Waals surface area contributed by atoms with Gasteiger partial charge in [-0.05, 0) is 63.2 Å². The molecule has 1 saturated heterocycles. The number of likely N-dealkylation sites (tertiary alicyclic amines) is 1. The number of carbonyl (C=O) groups is 2. The number of likely N-dealkylation sites (N-methyl/N-ethyl adjacent to an activating group) is 1. The molecular weight excluding hydrogens is 354 g/mol. The highest BCUT2D eigenvalue weighted by molar-refractivity contribution is 5.79. The molecule has 1 aromatic rings. The van der Waals surface area contributed by atoms with Gasteiger partial charge in [-0.25, -0.2) is 0 Å². The van der Waals surface area contributed by atoms with Crippen LogP contribution in [0.2, 0.25) is 0 Å². The first-order valence-electron chi connectivity index (χ1n) is 10.6. The number of piperidine rings is 1. The van der Waals surface area contributed by atoms with E-state index in [1.807, 2.05) is 29.3 Å². The summed E-state index contributed by atoms with van der Waals surface area (Å²) < 4.78 is 0. The molecule has 1 amide bonds. The van der Waals surface area contributed by atoms with Crippen molar-refractivity contribution in [3.8, 4) is 0 Å². The molecule has 1 aliphatic heterocycles. The van der Waals surface area contributed by atoms with Gasteiger partial charge in [0.15, 0.2) is 0 Å². The third-order valence-electron chi connectivity index (χ3n) is 6.45. The van der Waals surface area contributed by atoms with Crippen LogP contribution in [0.5, 0.6) is 0 Å². The molecule has 2 unspecified atom stereocenters. The number of nitrogens with zero attached hydrogens (tertiary/aromatic N) is 3. The van der Waals surface area contributed by atoms with E-state index >= 15 is 0 Å². The van der Waals surface area contributed by atoms with Crippen LogP contribution in [-0.4, -0.2) is 65.0 Å². The Kier molecular flexibility index (Phi) is 7.43. The van der Waals surface area contributed by atoms with E-state index in [1.165, 1.54) is 0 Å². The molecule has 3 rings (SSSR count). The molecule has 1 N–H and O–H groups in total. The van der Waals surface area contributed by atoms with Gasteiger partial charge in [0, 0.05) is 50.3 Å². The van der Waals surface area contributed by atoms with Gasteiger partial charge in [0.05, 0.1) is 0 Å². The molecular formula is C22H33N3O3. The van der Waals surface area contributed by atoms with E-state index in [0.717, 1.165) is 70.4 Å². The minimum Gasteiger partial charge on any atom is -0.481 e. The molecule has 6 nitrogen and oxygen atoms in total. The predicted octanol–water partition coefficient (Wildman–Crippen LogP) is 2.69. The lowest BCUT2D eigenvalue weighted by atomic mass is 9.79. The van der Waals surface area contributed by atoms with Crippen molar-refractivity contribution >= 4 is 11.9 Å². The van der Waals surface area contributed by atoms with E-state index in [4.69, 9.17) is 0 Å². The van der Waals surface area contributed by atoms with E-state index in [0.29, 0.717) is 5.91 Å². The number of carboxylic acids is 1. The number of carboxylic acid groups (broad SMARTS) is 1. The maximum atomic E-state index is 12.6. The molecule has 154 valence electrons. The Morgan fingerprint density at radius 3 is 2.68 bits per heavy atom. The molecule has 6 heteroatoms. The normalized spacial score (nSPS) is 22.9. The fraction of sp³-hybridized carbons (Fsp3) is 0.682. The van der Waals surface area contributed by atoms with Gasteiger partial charge < -0.3 is 14.9 Å². The molecule has 2 fully saturated rings. The zero-order chi connectivity index (χ0) is 19.9. The fourth-order valence-electron chi connectivity index (χ4n) is 4.36. The van der Waals surface area contributed by atoms with Crippen molar-refractivity contribution < 1.29 is 14.7 Å². The van der Waals surface area contributed by atoms with Crippen LogP contribution >= 0.6 is 0 Å². The summed E-state index contributed by atoms with van der Waals surface area (Å²) in [6.45, 7) is 3.29. The minimum atomic E-state index is -0.725. The summed E-state index contributed by atoms with van der Waals surface area (Å²) in [4.78, 5) is 32.6. The standard InChI is InChI=1S/C22H33N3O3/c1-24(13-10-20-7-2-3-11-23-20)12-8-19-16-25(22(28)17-5-4-6-17)14-9-18(19)15-21(26)27/h2-3,7,11,17-19H,4-6,8-10,12-16H2,1H3,(H,26,27). The summed E-state index contributed by atoms with van der Waals surface area (Å²) >= 11 is 0. The van der Waals surface area contributed by atoms with Crippen molar-refractivity contribution in [3.05, 3.63) is 30.1 Å². The van der Waals surface area contributed by atoms with E-state index < -0.39 is 5.97 Å². The molecule has 2 aliphatic rings. The van der Waals surface area contributed by atoms with Crippen molar-refractivity contribution in [3.63, 3.8) is 0 Å². The van der Waals surface area contributed by atoms with Crippen LogP contribution < -0.4 is 0 Å². The summed E-state index contributed by atoms with van der Waals surface area (Å²) in [6, 6.07) is 5.98. The lowest BCUT2D eigenvalue weighted by Gasteiger charge is -2.41. The van der Waals surface area contributed by atoms with Gasteiger partial charge in [-0.15, -0.1) is 0 Å². The number of aliphatic carboxylic acids is 1. The average molecular weight is 388 g/mol. The van der Waals surface area contributed by atoms with Crippen LogP contribution in [0.4, 0.5) is 0 Å². The van der Waals surface area contributed by atoms with Gasteiger partial charge in [-0.3, -0.25) is 14.6 Å². The number of hydrogen-bond donors (Lipinski definition) is 1. The zero-order valence-electron chi connectivity index (χ0n) is 16.9. The Morgan fingerprint density at radius 2 is 2.04 bits per heavy atom. The van der Waals surface area contributed by atoms with Crippen LogP contribution in [-0.2, 0) is 16.0 Å². The number of carbonyl (C=O) groups excluding carboxylic acids is 1. The lowest BCUT2D eigenvalue weighted by molar-refractivity contribution is -0.142. The second kappa shape index (κ2) is 10.0. The summed E-state index contributed by atoms with van der Waals surface area (Å²) in [6.07, 6.45) is 7.90. The third kappa shape index (κ3) is 5.77. The highest BCUT2D eigenvalue weighted by Gasteiger charge is 2.36. The molecule has 2 heterocycles. The fourth-order valence-corrected chi connectivity index (χ4v) is 4.36. The molecule has 2 atom stereocenters. The molecule has 1 aromatic heterocycles. The average Bonchev–Trinajstić information content (AvgIpc) is 2.64. The molecule has 0 aromatic carbocycles. The maximum absolute atomic E-state index is 12.6. The van der Waals surface area contributed by atoms with E-state index in [1.54, 1.807) is 0 Å². The molecule has 0 bridgehead atoms. The van der Waals surface area contributed by atoms with Crippen LogP contribution in [0.25, 0.3) is 0 Å². The molecule has 28 heavy (non-hydrogen) atoms. The SMILES string of the molecule is CN(CCc1ccccn1)CCC1CN(C(=O)C2CCC2)CCC1CC(=O)O. The highest BCUT2D eigenvalue weighted by Crippen LogP contribution is 2.33. The molecule has 1 saturated carbocycles. The van der Waals surface area contributed by atoms with Crippen LogP contribution in [0.3, 0.4) is 0 Å². The summed E-state index contributed by atoms with van der Waals surface area (Å²) in [5, 5.41) is 9.28. The van der Waals surface area contributed by atoms with E-state index in [-0.39, 0.29) is 24.2 Å². The first-order chi connectivity index (χ1) is 13.5. The van der Waals surface area contributed by atoms with Crippen molar-refractivity contribution in [2.45, 2.75) is 44.9 Å². The second-order valence-corrected chi connectivity index (χ2v) is 8.48. The lowest BCUT2D eigenvalue weighted by Crippen LogP contribution is -2.48. The quantitative estimate of drug-likeness (QED) is 0.705. The monoisotopic (exact) mass is 387 g/mol. The Bertz CT molecular complexity index is 648. The summed E-state index contributed by atoms with van der Waals surface area (Å²) in [5.74, 6) is 0.238. The van der Waals surface area contributed by atoms with Crippen LogP contribution in [0.1, 0.15) is 44.2 Å². The maximum Gasteiger partial charge on any atom is 0.303 e. The molecule has 1 aliphatic carbocycles. The first-order valence-corrected chi connectivity index (χ1v) is 10.6. The van der Waals surface area contributed by atoms with Gasteiger partial charge in [-0.2, -0.15) is 0 Å². The van der Waals surface area contributed by atoms with Gasteiger partial charge in [-0.1, -0.05) is 12.5 Å². The summed E-state index contributed by atoms with van der Waals surface area (Å²) in [7, 11) is 2.11. The smallest absolute Gasteiger partial charge is 0.303 e. The molecule has 0 spiro atoms. The zero-order valence-corrected chi connectivity index (χ0v) is 16.9. The van der Waals surface area contributed by atoms with Crippen LogP contribution in [0, 0.1) is 17.8 Å². The van der Waals surface area contributed by atoms with Crippen molar-refractivity contribution in [1.82, 2.24) is 14.8 Å². The number of pyridine rings is 1. The van der Waals surface area contributed by atoms with Gasteiger partial charge in [0.2, 0.25) is 5.91 Å². The van der Waals surface area contributed by atoms with E-state index in [9.17, 15) is 14.7 Å². The van der Waals surface area contributed by atoms with Crippen LogP contribution in [0.15, 0.2) is 24.4 Å². The number of amides is 1. The third-order valence-corrected chi connectivity index (χ3v) is 6.45. The Labute approximate surface area is 167 Å². The number of rotatable bonds is 9. The van der Waals surface area contributed by atoms with E-state index in [2.05, 4.69) is 16.9 Å². The van der Waals surface area contributed by atoms with Crippen molar-refractivity contribution in [2.75, 3.05) is 33.2 Å². The molecule has 0 radical (unpaired) electrons. The predicted molar refractivity (Wildman–Crippen MR) is 108 cm³/mol. The van der Waals surface area contributed by atoms with Gasteiger partial charge in [0.1, 0.15) is 0 Å². The Hall–Kier alpha value is -1.95. The van der Waals surface area contributed by atoms with Crippen molar-refractivity contribution in [1.29, 1.82) is 0 Å². The number of aromatic nitrogens is 1. The van der Waals surface area contributed by atoms with Gasteiger partial charge >= 0.3 is 5.97 Å². The second-order valence-electron chi connectivity index (χ2n) is 8.48. The topological polar surface area (TPSA) is 73.7 Å². The van der Waals surface area contributed by atoms with Crippen molar-refractivity contribution in [2.24, 2.45) is 17.8 Å². The number of hydrogen-bond acceptors (Lipinski definition) is 4. The Balaban J connectivity index is 1.50. The largest absolute Gasteiger partial charge is 0.481 e. The highest BCUT2D eigenvalue weighted by atomic mass is 16.4. The first kappa shape index (κ1) is 20.8. The van der Waals surface area contributed by atoms with Gasteiger partial charge in [0.25, 0.3) is 0 Å². The Morgan fingerprint density at radius 1 is 1.21 bits per heavy atom.